The average molecular weight is 568 g/mol. The van der Waals surface area contributed by atoms with Crippen LogP contribution in [0.3, 0.4) is 0 Å². The third kappa shape index (κ3) is 8.16. The molecule has 0 spiro atoms. The van der Waals surface area contributed by atoms with Crippen LogP contribution in [0.25, 0.3) is 6.08 Å². The predicted octanol–water partition coefficient (Wildman–Crippen LogP) is 7.05. The van der Waals surface area contributed by atoms with Crippen LogP contribution in [-0.4, -0.2) is 23.0 Å². The maximum absolute atomic E-state index is 14.0. The Morgan fingerprint density at radius 3 is 2.29 bits per heavy atom. The first-order chi connectivity index (χ1) is 19.8. The second kappa shape index (κ2) is 14.1. The van der Waals surface area contributed by atoms with Gasteiger partial charge in [0.2, 0.25) is 5.91 Å². The number of carbonyl (C=O) groups is 3. The number of carbonyl (C=O) groups excluding carboxylic acids is 3. The summed E-state index contributed by atoms with van der Waals surface area (Å²) in [6.45, 7) is 3.80. The molecule has 0 aliphatic rings. The van der Waals surface area contributed by atoms with Crippen LogP contribution in [-0.2, 0) is 9.59 Å². The van der Waals surface area contributed by atoms with Gasteiger partial charge in [-0.15, -0.1) is 11.8 Å². The number of nitrogens with one attached hydrogen (secondary N) is 3. The maximum Gasteiger partial charge on any atom is 0.272 e. The Morgan fingerprint density at radius 2 is 1.56 bits per heavy atom. The molecule has 1 unspecified atom stereocenters. The molecule has 3 amide bonds. The Labute approximate surface area is 243 Å². The van der Waals surface area contributed by atoms with Crippen LogP contribution >= 0.6 is 11.8 Å². The summed E-state index contributed by atoms with van der Waals surface area (Å²) >= 11 is 1.31. The topological polar surface area (TPSA) is 87.3 Å². The van der Waals surface area contributed by atoms with E-state index in [4.69, 9.17) is 0 Å². The van der Waals surface area contributed by atoms with E-state index in [2.05, 4.69) is 16.0 Å². The number of benzene rings is 4. The molecule has 208 valence electrons. The zero-order valence-electron chi connectivity index (χ0n) is 22.7. The molecule has 0 aliphatic carbocycles. The van der Waals surface area contributed by atoms with Gasteiger partial charge in [-0.3, -0.25) is 14.4 Å². The summed E-state index contributed by atoms with van der Waals surface area (Å²) < 4.78 is 14.0. The standard InChI is InChI=1S/C33H30FN3O3S/c1-3-30(33(40)36-28-19-10-9-18-27(28)34)41-26-17-11-16-25(21-26)35-32(39)29(20-24-15-8-7-12-22(24)2)37-31(38)23-13-5-4-6-14-23/h4-21,30H,3H2,1-2H3,(H,35,39)(H,36,40)(H,37,38)/b29-20-. The number of aryl methyl sites for hydroxylation is 1. The number of para-hydroxylation sites is 1. The van der Waals surface area contributed by atoms with E-state index in [1.165, 1.54) is 23.9 Å². The van der Waals surface area contributed by atoms with Crippen LogP contribution in [0, 0.1) is 12.7 Å². The second-order valence-corrected chi connectivity index (χ2v) is 10.5. The van der Waals surface area contributed by atoms with Gasteiger partial charge in [0, 0.05) is 16.1 Å². The maximum atomic E-state index is 14.0. The molecule has 8 heteroatoms. The van der Waals surface area contributed by atoms with Gasteiger partial charge in [-0.05, 0) is 73.0 Å². The van der Waals surface area contributed by atoms with Crippen molar-refractivity contribution in [3.05, 3.63) is 131 Å². The number of anilines is 2. The Morgan fingerprint density at radius 1 is 0.854 bits per heavy atom. The van der Waals surface area contributed by atoms with E-state index in [1.54, 1.807) is 60.7 Å². The van der Waals surface area contributed by atoms with Gasteiger partial charge >= 0.3 is 0 Å². The van der Waals surface area contributed by atoms with Crippen LogP contribution in [0.1, 0.15) is 34.8 Å². The number of rotatable bonds is 10. The van der Waals surface area contributed by atoms with Crippen LogP contribution in [0.15, 0.2) is 114 Å². The van der Waals surface area contributed by atoms with Gasteiger partial charge in [0.05, 0.1) is 10.9 Å². The third-order valence-electron chi connectivity index (χ3n) is 6.18. The van der Waals surface area contributed by atoms with Crippen molar-refractivity contribution in [1.29, 1.82) is 0 Å². The van der Waals surface area contributed by atoms with Crippen molar-refractivity contribution >= 4 is 46.9 Å². The normalized spacial score (nSPS) is 11.8. The van der Waals surface area contributed by atoms with Gasteiger partial charge in [-0.1, -0.05) is 67.6 Å². The fourth-order valence-electron chi connectivity index (χ4n) is 3.95. The SMILES string of the molecule is CCC(Sc1cccc(NC(=O)/C(=C/c2ccccc2C)NC(=O)c2ccccc2)c1)C(=O)Nc1ccccc1F. The zero-order valence-corrected chi connectivity index (χ0v) is 23.5. The quantitative estimate of drug-likeness (QED) is 0.142. The van der Waals surface area contributed by atoms with Crippen molar-refractivity contribution in [3.63, 3.8) is 0 Å². The summed E-state index contributed by atoms with van der Waals surface area (Å²) in [6.07, 6.45) is 2.15. The molecule has 0 fully saturated rings. The smallest absolute Gasteiger partial charge is 0.272 e. The fraction of sp³-hybridized carbons (Fsp3) is 0.121. The number of hydrogen-bond acceptors (Lipinski definition) is 4. The van der Waals surface area contributed by atoms with E-state index in [-0.39, 0.29) is 17.3 Å². The number of thioether (sulfide) groups is 1. The summed E-state index contributed by atoms with van der Waals surface area (Å²) in [6, 6.07) is 29.3. The van der Waals surface area contributed by atoms with E-state index in [9.17, 15) is 18.8 Å². The highest BCUT2D eigenvalue weighted by Gasteiger charge is 2.20. The van der Waals surface area contributed by atoms with Crippen molar-refractivity contribution in [1.82, 2.24) is 5.32 Å². The molecule has 4 aromatic carbocycles. The van der Waals surface area contributed by atoms with Gasteiger partial charge < -0.3 is 16.0 Å². The molecule has 0 saturated carbocycles. The van der Waals surface area contributed by atoms with Crippen molar-refractivity contribution in [3.8, 4) is 0 Å². The molecule has 41 heavy (non-hydrogen) atoms. The first kappa shape index (κ1) is 29.3. The minimum atomic E-state index is -0.501. The summed E-state index contributed by atoms with van der Waals surface area (Å²) in [5.74, 6) is -1.72. The molecule has 0 radical (unpaired) electrons. The third-order valence-corrected chi connectivity index (χ3v) is 7.54. The van der Waals surface area contributed by atoms with Gasteiger partial charge in [0.1, 0.15) is 11.5 Å². The lowest BCUT2D eigenvalue weighted by Crippen LogP contribution is -2.30. The molecule has 0 aliphatic heterocycles. The molecule has 1 atom stereocenters. The Kier molecular flexibility index (Phi) is 10.1. The Bertz CT molecular complexity index is 1570. The molecule has 4 aromatic rings. The lowest BCUT2D eigenvalue weighted by atomic mass is 10.1. The van der Waals surface area contributed by atoms with Crippen LogP contribution in [0.5, 0.6) is 0 Å². The van der Waals surface area contributed by atoms with E-state index in [1.807, 2.05) is 50.2 Å². The highest BCUT2D eigenvalue weighted by Crippen LogP contribution is 2.29. The predicted molar refractivity (Wildman–Crippen MR) is 163 cm³/mol. The van der Waals surface area contributed by atoms with Gasteiger partial charge in [0.15, 0.2) is 0 Å². The van der Waals surface area contributed by atoms with Crippen LogP contribution < -0.4 is 16.0 Å². The zero-order chi connectivity index (χ0) is 29.2. The minimum Gasteiger partial charge on any atom is -0.323 e. The summed E-state index contributed by atoms with van der Waals surface area (Å²) in [5, 5.41) is 7.78. The summed E-state index contributed by atoms with van der Waals surface area (Å²) in [5.41, 5.74) is 2.87. The van der Waals surface area contributed by atoms with Gasteiger partial charge in [0.25, 0.3) is 11.8 Å². The molecule has 3 N–H and O–H groups in total. The minimum absolute atomic E-state index is 0.0851. The summed E-state index contributed by atoms with van der Waals surface area (Å²) in [4.78, 5) is 39.9. The molecule has 0 heterocycles. The molecule has 4 rings (SSSR count). The molecular formula is C33H30FN3O3S. The first-order valence-corrected chi connectivity index (χ1v) is 14.0. The highest BCUT2D eigenvalue weighted by atomic mass is 32.2. The average Bonchev–Trinajstić information content (AvgIpc) is 2.98. The van der Waals surface area contributed by atoms with Crippen molar-refractivity contribution in [2.75, 3.05) is 10.6 Å². The number of hydrogen-bond donors (Lipinski definition) is 3. The Balaban J connectivity index is 1.51. The van der Waals surface area contributed by atoms with Crippen LogP contribution in [0.2, 0.25) is 0 Å². The monoisotopic (exact) mass is 567 g/mol. The van der Waals surface area contributed by atoms with E-state index in [0.717, 1.165) is 16.0 Å². The second-order valence-electron chi connectivity index (χ2n) is 9.20. The molecule has 6 nitrogen and oxygen atoms in total. The first-order valence-electron chi connectivity index (χ1n) is 13.1. The van der Waals surface area contributed by atoms with Crippen LogP contribution in [0.4, 0.5) is 15.8 Å². The largest absolute Gasteiger partial charge is 0.323 e. The number of amides is 3. The lowest BCUT2D eigenvalue weighted by Gasteiger charge is -2.16. The number of halogens is 1. The summed E-state index contributed by atoms with van der Waals surface area (Å²) in [7, 11) is 0. The molecule has 0 aromatic heterocycles. The van der Waals surface area contributed by atoms with Crippen molar-refractivity contribution < 1.29 is 18.8 Å². The lowest BCUT2D eigenvalue weighted by molar-refractivity contribution is -0.116. The molecule has 0 bridgehead atoms. The highest BCUT2D eigenvalue weighted by molar-refractivity contribution is 8.00. The Hall–Kier alpha value is -4.69. The fourth-order valence-corrected chi connectivity index (χ4v) is 4.97. The van der Waals surface area contributed by atoms with Gasteiger partial charge in [-0.2, -0.15) is 0 Å². The van der Waals surface area contributed by atoms with E-state index >= 15 is 0 Å². The molecular weight excluding hydrogens is 537 g/mol. The van der Waals surface area contributed by atoms with Crippen molar-refractivity contribution in [2.45, 2.75) is 30.4 Å². The van der Waals surface area contributed by atoms with Crippen molar-refractivity contribution in [2.24, 2.45) is 0 Å². The van der Waals surface area contributed by atoms with E-state index < -0.39 is 22.9 Å². The molecule has 0 saturated heterocycles. The van der Waals surface area contributed by atoms with Gasteiger partial charge in [-0.25, -0.2) is 4.39 Å². The van der Waals surface area contributed by atoms with E-state index in [0.29, 0.717) is 17.7 Å².